The van der Waals surface area contributed by atoms with E-state index < -0.39 is 0 Å². The molecule has 1 aromatic rings. The van der Waals surface area contributed by atoms with Crippen LogP contribution in [0.2, 0.25) is 0 Å². The molecule has 0 aromatic heterocycles. The Hall–Kier alpha value is -1.07. The zero-order valence-electron chi connectivity index (χ0n) is 11.6. The Balaban J connectivity index is 2.51. The van der Waals surface area contributed by atoms with Gasteiger partial charge in [-0.05, 0) is 38.6 Å². The number of amides is 1. The fraction of sp³-hybridized carbons (Fsp3) is 0.500. The highest BCUT2D eigenvalue weighted by Crippen LogP contribution is 2.21. The van der Waals surface area contributed by atoms with Gasteiger partial charge in [-0.1, -0.05) is 22.9 Å². The summed E-state index contributed by atoms with van der Waals surface area (Å²) in [6.45, 7) is 8.69. The molecule has 1 rings (SSSR count). The molecule has 0 atom stereocenters. The van der Waals surface area contributed by atoms with Crippen LogP contribution >= 0.6 is 15.9 Å². The molecule has 0 unspecified atom stereocenters. The molecule has 0 saturated heterocycles. The summed E-state index contributed by atoms with van der Waals surface area (Å²) in [5.74, 6) is -0.257. The topological polar surface area (TPSA) is 52.6 Å². The van der Waals surface area contributed by atoms with Gasteiger partial charge in [-0.15, -0.1) is 0 Å². The lowest BCUT2D eigenvalue weighted by atomic mass is 10.2. The number of benzene rings is 1. The van der Waals surface area contributed by atoms with Crippen LogP contribution in [0.5, 0.6) is 5.75 Å². The first kappa shape index (κ1) is 16.0. The number of hydrogen-bond donors (Lipinski definition) is 2. The maximum absolute atomic E-state index is 11.9. The molecule has 1 amide bonds. The number of halogens is 1. The second kappa shape index (κ2) is 7.50. The van der Waals surface area contributed by atoms with E-state index in [1.165, 1.54) is 6.07 Å². The Kier molecular flexibility index (Phi) is 6.31. The second-order valence-electron chi connectivity index (χ2n) is 4.64. The van der Waals surface area contributed by atoms with Gasteiger partial charge in [-0.25, -0.2) is 0 Å². The molecule has 0 aliphatic rings. The summed E-state index contributed by atoms with van der Waals surface area (Å²) in [5.41, 5.74) is 0.302. The summed E-state index contributed by atoms with van der Waals surface area (Å²) >= 11 is 3.24. The number of hydrogen-bond acceptors (Lipinski definition) is 3. The number of phenols is 1. The van der Waals surface area contributed by atoms with Crippen LogP contribution in [0.15, 0.2) is 22.7 Å². The predicted molar refractivity (Wildman–Crippen MR) is 80.5 cm³/mol. The summed E-state index contributed by atoms with van der Waals surface area (Å²) < 4.78 is 0.749. The minimum absolute atomic E-state index is 0.0110. The molecule has 0 aliphatic carbocycles. The molecular weight excluding hydrogens is 308 g/mol. The van der Waals surface area contributed by atoms with Crippen molar-refractivity contribution in [3.8, 4) is 5.75 Å². The van der Waals surface area contributed by atoms with Crippen LogP contribution in [0.3, 0.4) is 0 Å². The summed E-state index contributed by atoms with van der Waals surface area (Å²) in [6.07, 6.45) is 0. The maximum atomic E-state index is 11.9. The van der Waals surface area contributed by atoms with Crippen molar-refractivity contribution in [3.05, 3.63) is 28.2 Å². The molecule has 0 saturated carbocycles. The van der Waals surface area contributed by atoms with Gasteiger partial charge < -0.3 is 10.4 Å². The standard InChI is InChI=1S/C14H21BrN2O2/c1-4-17(10(2)3)8-7-16-14(19)12-6-5-11(15)9-13(12)18/h5-6,9-10,18H,4,7-8H2,1-3H3,(H,16,19). The van der Waals surface area contributed by atoms with Gasteiger partial charge in [0.2, 0.25) is 0 Å². The zero-order chi connectivity index (χ0) is 14.4. The summed E-state index contributed by atoms with van der Waals surface area (Å²) in [5, 5.41) is 12.5. The third kappa shape index (κ3) is 4.84. The minimum atomic E-state index is -0.246. The number of nitrogens with one attached hydrogen (secondary N) is 1. The average Bonchev–Trinajstić information content (AvgIpc) is 2.33. The monoisotopic (exact) mass is 328 g/mol. The van der Waals surface area contributed by atoms with Crippen LogP contribution in [0, 0.1) is 0 Å². The Morgan fingerprint density at radius 2 is 2.16 bits per heavy atom. The van der Waals surface area contributed by atoms with Crippen LogP contribution in [-0.2, 0) is 0 Å². The van der Waals surface area contributed by atoms with Gasteiger partial charge in [0.25, 0.3) is 5.91 Å². The first-order chi connectivity index (χ1) is 8.95. The Morgan fingerprint density at radius 1 is 1.47 bits per heavy atom. The van der Waals surface area contributed by atoms with Gasteiger partial charge in [0.05, 0.1) is 5.56 Å². The van der Waals surface area contributed by atoms with E-state index in [0.717, 1.165) is 17.6 Å². The number of phenolic OH excluding ortho intramolecular Hbond substituents is 1. The molecule has 19 heavy (non-hydrogen) atoms. The molecule has 0 bridgehead atoms. The van der Waals surface area contributed by atoms with Gasteiger partial charge in [-0.2, -0.15) is 0 Å². The molecule has 4 nitrogen and oxygen atoms in total. The van der Waals surface area contributed by atoms with E-state index in [1.54, 1.807) is 12.1 Å². The first-order valence-electron chi connectivity index (χ1n) is 6.46. The molecule has 1 aromatic carbocycles. The zero-order valence-corrected chi connectivity index (χ0v) is 13.2. The lowest BCUT2D eigenvalue weighted by molar-refractivity contribution is 0.0943. The van der Waals surface area contributed by atoms with E-state index >= 15 is 0 Å². The quantitative estimate of drug-likeness (QED) is 0.844. The van der Waals surface area contributed by atoms with Gasteiger partial charge in [0.1, 0.15) is 5.75 Å². The molecule has 0 radical (unpaired) electrons. The highest BCUT2D eigenvalue weighted by atomic mass is 79.9. The fourth-order valence-corrected chi connectivity index (χ4v) is 2.24. The highest BCUT2D eigenvalue weighted by molar-refractivity contribution is 9.10. The highest BCUT2D eigenvalue weighted by Gasteiger charge is 2.12. The summed E-state index contributed by atoms with van der Waals surface area (Å²) in [6, 6.07) is 5.32. The van der Waals surface area contributed by atoms with Crippen LogP contribution in [-0.4, -0.2) is 41.6 Å². The Morgan fingerprint density at radius 3 is 2.68 bits per heavy atom. The second-order valence-corrected chi connectivity index (χ2v) is 5.56. The van der Waals surface area contributed by atoms with Crippen molar-refractivity contribution < 1.29 is 9.90 Å². The lowest BCUT2D eigenvalue weighted by Crippen LogP contribution is -2.38. The number of aromatic hydroxyl groups is 1. The first-order valence-corrected chi connectivity index (χ1v) is 7.25. The lowest BCUT2D eigenvalue weighted by Gasteiger charge is -2.24. The summed E-state index contributed by atoms with van der Waals surface area (Å²) in [4.78, 5) is 14.2. The van der Waals surface area contributed by atoms with Crippen molar-refractivity contribution in [1.29, 1.82) is 0 Å². The van der Waals surface area contributed by atoms with E-state index in [2.05, 4.69) is 46.9 Å². The van der Waals surface area contributed by atoms with Crippen molar-refractivity contribution in [3.63, 3.8) is 0 Å². The van der Waals surface area contributed by atoms with Crippen molar-refractivity contribution in [2.45, 2.75) is 26.8 Å². The third-order valence-electron chi connectivity index (χ3n) is 3.03. The fourth-order valence-electron chi connectivity index (χ4n) is 1.89. The molecule has 2 N–H and O–H groups in total. The number of nitrogens with zero attached hydrogens (tertiary/aromatic N) is 1. The number of carbonyl (C=O) groups excluding carboxylic acids is 1. The van der Waals surface area contributed by atoms with E-state index in [0.29, 0.717) is 18.2 Å². The minimum Gasteiger partial charge on any atom is -0.507 e. The van der Waals surface area contributed by atoms with Crippen molar-refractivity contribution >= 4 is 21.8 Å². The van der Waals surface area contributed by atoms with Crippen molar-refractivity contribution in [2.24, 2.45) is 0 Å². The van der Waals surface area contributed by atoms with Crippen LogP contribution in [0.25, 0.3) is 0 Å². The molecule has 0 aliphatic heterocycles. The number of rotatable bonds is 6. The van der Waals surface area contributed by atoms with Crippen LogP contribution < -0.4 is 5.32 Å². The average molecular weight is 329 g/mol. The third-order valence-corrected chi connectivity index (χ3v) is 3.52. The largest absolute Gasteiger partial charge is 0.507 e. The molecule has 0 fully saturated rings. The van der Waals surface area contributed by atoms with Crippen LogP contribution in [0.4, 0.5) is 0 Å². The van der Waals surface area contributed by atoms with Gasteiger partial charge in [-0.3, -0.25) is 9.69 Å². The van der Waals surface area contributed by atoms with E-state index in [4.69, 9.17) is 0 Å². The summed E-state index contributed by atoms with van der Waals surface area (Å²) in [7, 11) is 0. The van der Waals surface area contributed by atoms with E-state index in [9.17, 15) is 9.90 Å². The SMILES string of the molecule is CCN(CCNC(=O)c1ccc(Br)cc1O)C(C)C. The Labute approximate surface area is 122 Å². The maximum Gasteiger partial charge on any atom is 0.255 e. The van der Waals surface area contributed by atoms with E-state index in [-0.39, 0.29) is 11.7 Å². The Bertz CT molecular complexity index is 435. The normalized spacial score (nSPS) is 11.1. The van der Waals surface area contributed by atoms with Crippen molar-refractivity contribution in [1.82, 2.24) is 10.2 Å². The van der Waals surface area contributed by atoms with E-state index in [1.807, 2.05) is 0 Å². The van der Waals surface area contributed by atoms with Gasteiger partial charge in [0.15, 0.2) is 0 Å². The smallest absolute Gasteiger partial charge is 0.255 e. The molecule has 106 valence electrons. The predicted octanol–water partition coefficient (Wildman–Crippen LogP) is 2.61. The van der Waals surface area contributed by atoms with Gasteiger partial charge in [0, 0.05) is 23.6 Å². The molecule has 0 heterocycles. The number of carbonyl (C=O) groups is 1. The molecular formula is C14H21BrN2O2. The number of likely N-dealkylation sites (N-methyl/N-ethyl adjacent to an activating group) is 1. The molecule has 0 spiro atoms. The van der Waals surface area contributed by atoms with Gasteiger partial charge >= 0.3 is 0 Å². The van der Waals surface area contributed by atoms with Crippen molar-refractivity contribution in [2.75, 3.05) is 19.6 Å². The molecule has 5 heteroatoms. The van der Waals surface area contributed by atoms with Crippen LogP contribution in [0.1, 0.15) is 31.1 Å².